The molecule has 6 rings (SSSR count). The van der Waals surface area contributed by atoms with Crippen molar-refractivity contribution in [3.05, 3.63) is 53.8 Å². The van der Waals surface area contributed by atoms with Crippen molar-refractivity contribution in [2.24, 2.45) is 5.92 Å². The van der Waals surface area contributed by atoms with Crippen molar-refractivity contribution in [1.82, 2.24) is 34.8 Å². The van der Waals surface area contributed by atoms with E-state index in [1.165, 1.54) is 16.6 Å². The largest absolute Gasteiger partial charge is 0.461 e. The molecular weight excluding hydrogens is 468 g/mol. The molecule has 0 aliphatic carbocycles. The molecule has 36 heavy (non-hydrogen) atoms. The van der Waals surface area contributed by atoms with E-state index in [0.29, 0.717) is 47.4 Å². The molecular formula is C24H27F2N9O. The van der Waals surface area contributed by atoms with Crippen LogP contribution >= 0.6 is 0 Å². The number of nitrogens with two attached hydrogens (primary N) is 1. The molecule has 3 N–H and O–H groups in total. The van der Waals surface area contributed by atoms with Gasteiger partial charge in [0.1, 0.15) is 11.6 Å². The second-order valence-electron chi connectivity index (χ2n) is 9.41. The summed E-state index contributed by atoms with van der Waals surface area (Å²) in [6, 6.07) is 7.68. The Morgan fingerprint density at radius 2 is 2.00 bits per heavy atom. The third-order valence-corrected chi connectivity index (χ3v) is 7.02. The molecule has 5 heterocycles. The van der Waals surface area contributed by atoms with Crippen LogP contribution in [0.3, 0.4) is 0 Å². The van der Waals surface area contributed by atoms with Crippen LogP contribution in [0.5, 0.6) is 0 Å². The van der Waals surface area contributed by atoms with Crippen LogP contribution in [0.1, 0.15) is 18.4 Å². The fourth-order valence-electron chi connectivity index (χ4n) is 5.13. The lowest BCUT2D eigenvalue weighted by Gasteiger charge is -2.46. The molecule has 2 aliphatic rings. The van der Waals surface area contributed by atoms with Crippen LogP contribution in [0.2, 0.25) is 0 Å². The van der Waals surface area contributed by atoms with E-state index in [1.54, 1.807) is 18.4 Å². The summed E-state index contributed by atoms with van der Waals surface area (Å²) in [4.78, 5) is 18.3. The molecule has 2 saturated heterocycles. The second-order valence-corrected chi connectivity index (χ2v) is 9.41. The molecule has 2 fully saturated rings. The van der Waals surface area contributed by atoms with Crippen molar-refractivity contribution in [1.29, 1.82) is 0 Å². The zero-order valence-corrected chi connectivity index (χ0v) is 19.6. The van der Waals surface area contributed by atoms with E-state index in [1.807, 2.05) is 0 Å². The van der Waals surface area contributed by atoms with Crippen molar-refractivity contribution in [3.63, 3.8) is 0 Å². The number of rotatable bonds is 6. The lowest BCUT2D eigenvalue weighted by Crippen LogP contribution is -2.57. The van der Waals surface area contributed by atoms with Gasteiger partial charge in [-0.15, -0.1) is 5.10 Å². The van der Waals surface area contributed by atoms with Crippen LogP contribution in [0.15, 0.2) is 41.0 Å². The van der Waals surface area contributed by atoms with Crippen molar-refractivity contribution in [2.75, 3.05) is 43.4 Å². The lowest BCUT2D eigenvalue weighted by atomic mass is 9.91. The van der Waals surface area contributed by atoms with E-state index in [0.717, 1.165) is 51.6 Å². The van der Waals surface area contributed by atoms with Gasteiger partial charge in [-0.25, -0.2) is 8.78 Å². The number of hydrogen-bond acceptors (Lipinski definition) is 9. The fraction of sp³-hybridized carbons (Fsp3) is 0.417. The highest BCUT2D eigenvalue weighted by molar-refractivity contribution is 5.53. The topological polar surface area (TPSA) is 114 Å². The zero-order valence-electron chi connectivity index (χ0n) is 19.6. The Labute approximate surface area is 206 Å². The molecule has 0 bridgehead atoms. The molecule has 3 aromatic heterocycles. The van der Waals surface area contributed by atoms with E-state index in [-0.39, 0.29) is 5.95 Å². The minimum atomic E-state index is -0.554. The Bertz CT molecular complexity index is 1360. The quantitative estimate of drug-likeness (QED) is 0.416. The van der Waals surface area contributed by atoms with Crippen molar-refractivity contribution >= 4 is 17.7 Å². The van der Waals surface area contributed by atoms with Crippen LogP contribution in [0, 0.1) is 17.6 Å². The first-order valence-corrected chi connectivity index (χ1v) is 12.1. The third-order valence-electron chi connectivity index (χ3n) is 7.02. The molecule has 0 amide bonds. The Hall–Kier alpha value is -3.64. The standard InChI is InChI=1S/C24H27F2N9O/c25-17-5-4-16(19(26)10-17)12-28-11-15-3-6-18-14-34(8-7-33(18)13-15)23-30-22(27)35-24(31-23)29-21(32-35)20-2-1-9-36-20/h1-2,4-5,9-10,15,18,28H,3,6-8,11-14H2,(H2,27,29,30,31,32)/t15-,18+/m1/s1. The number of piperidine rings is 1. The number of benzene rings is 1. The Balaban J connectivity index is 1.06. The highest BCUT2D eigenvalue weighted by Crippen LogP contribution is 2.27. The van der Waals surface area contributed by atoms with Crippen LogP contribution in [-0.2, 0) is 6.54 Å². The molecule has 0 unspecified atom stereocenters. The third kappa shape index (κ3) is 4.49. The monoisotopic (exact) mass is 495 g/mol. The molecule has 0 spiro atoms. The van der Waals surface area contributed by atoms with E-state index >= 15 is 0 Å². The maximum Gasteiger partial charge on any atom is 0.259 e. The molecule has 2 atom stereocenters. The van der Waals surface area contributed by atoms with E-state index in [2.05, 4.69) is 35.2 Å². The molecule has 4 aromatic rings. The minimum Gasteiger partial charge on any atom is -0.461 e. The number of nitrogens with one attached hydrogen (secondary N) is 1. The molecule has 188 valence electrons. The zero-order chi connectivity index (χ0) is 24.6. The Kier molecular flexibility index (Phi) is 5.97. The van der Waals surface area contributed by atoms with Gasteiger partial charge in [0.25, 0.3) is 5.78 Å². The molecule has 10 nitrogen and oxygen atoms in total. The normalized spacial score (nSPS) is 20.7. The highest BCUT2D eigenvalue weighted by Gasteiger charge is 2.34. The summed E-state index contributed by atoms with van der Waals surface area (Å²) in [5.74, 6) is 1.56. The summed E-state index contributed by atoms with van der Waals surface area (Å²) in [6.07, 6.45) is 3.70. The fourth-order valence-corrected chi connectivity index (χ4v) is 5.13. The van der Waals surface area contributed by atoms with Gasteiger partial charge in [0.15, 0.2) is 5.76 Å². The lowest BCUT2D eigenvalue weighted by molar-refractivity contribution is 0.0945. The van der Waals surface area contributed by atoms with Gasteiger partial charge in [-0.05, 0) is 43.5 Å². The number of hydrogen-bond donors (Lipinski definition) is 2. The van der Waals surface area contributed by atoms with Crippen molar-refractivity contribution in [3.8, 4) is 11.6 Å². The van der Waals surface area contributed by atoms with Gasteiger partial charge in [-0.3, -0.25) is 4.90 Å². The van der Waals surface area contributed by atoms with Gasteiger partial charge in [-0.2, -0.15) is 19.5 Å². The average molecular weight is 496 g/mol. The molecule has 12 heteroatoms. The predicted octanol–water partition coefficient (Wildman–Crippen LogP) is 2.33. The summed E-state index contributed by atoms with van der Waals surface area (Å²) in [6.45, 7) is 4.67. The summed E-state index contributed by atoms with van der Waals surface area (Å²) < 4.78 is 33.8. The van der Waals surface area contributed by atoms with Crippen LogP contribution in [-0.4, -0.2) is 68.2 Å². The number of furan rings is 1. The Morgan fingerprint density at radius 1 is 1.08 bits per heavy atom. The number of halogens is 2. The molecule has 2 aliphatic heterocycles. The smallest absolute Gasteiger partial charge is 0.259 e. The van der Waals surface area contributed by atoms with Crippen molar-refractivity contribution < 1.29 is 13.2 Å². The van der Waals surface area contributed by atoms with Crippen LogP contribution < -0.4 is 16.0 Å². The van der Waals surface area contributed by atoms with Gasteiger partial charge >= 0.3 is 0 Å². The average Bonchev–Trinajstić information content (AvgIpc) is 3.55. The van der Waals surface area contributed by atoms with E-state index in [4.69, 9.17) is 10.2 Å². The summed E-state index contributed by atoms with van der Waals surface area (Å²) in [5.41, 5.74) is 6.66. The Morgan fingerprint density at radius 3 is 2.83 bits per heavy atom. The van der Waals surface area contributed by atoms with Crippen LogP contribution in [0.25, 0.3) is 17.4 Å². The van der Waals surface area contributed by atoms with Crippen molar-refractivity contribution in [2.45, 2.75) is 25.4 Å². The second kappa shape index (κ2) is 9.43. The highest BCUT2D eigenvalue weighted by atomic mass is 19.1. The van der Waals surface area contributed by atoms with Gasteiger partial charge < -0.3 is 20.4 Å². The number of aromatic nitrogens is 5. The number of nitrogen functional groups attached to an aromatic ring is 1. The maximum absolute atomic E-state index is 13.9. The number of fused-ring (bicyclic) bond motifs is 2. The summed E-state index contributed by atoms with van der Waals surface area (Å²) in [7, 11) is 0. The first-order chi connectivity index (χ1) is 17.5. The first kappa shape index (κ1) is 22.8. The summed E-state index contributed by atoms with van der Waals surface area (Å²) >= 11 is 0. The molecule has 0 radical (unpaired) electrons. The summed E-state index contributed by atoms with van der Waals surface area (Å²) in [5, 5.41) is 7.70. The van der Waals surface area contributed by atoms with Gasteiger partial charge in [0.2, 0.25) is 17.7 Å². The number of nitrogens with zero attached hydrogens (tertiary/aromatic N) is 7. The minimum absolute atomic E-state index is 0.232. The maximum atomic E-state index is 13.9. The molecule has 0 saturated carbocycles. The number of anilines is 2. The predicted molar refractivity (Wildman–Crippen MR) is 129 cm³/mol. The SMILES string of the molecule is Nc1nc(N2CCN3C[C@@H](CNCc4ccc(F)cc4F)CC[C@H]3C2)nc2nc(-c3ccco3)nn12. The van der Waals surface area contributed by atoms with Gasteiger partial charge in [0.05, 0.1) is 6.26 Å². The van der Waals surface area contributed by atoms with E-state index in [9.17, 15) is 8.78 Å². The van der Waals surface area contributed by atoms with Gasteiger partial charge in [0, 0.05) is 50.4 Å². The van der Waals surface area contributed by atoms with Gasteiger partial charge in [-0.1, -0.05) is 6.07 Å². The first-order valence-electron chi connectivity index (χ1n) is 12.1. The molecule has 1 aromatic carbocycles. The number of piperazine rings is 1. The van der Waals surface area contributed by atoms with E-state index < -0.39 is 11.6 Å². The van der Waals surface area contributed by atoms with Crippen LogP contribution in [0.4, 0.5) is 20.7 Å².